The van der Waals surface area contributed by atoms with Crippen molar-refractivity contribution in [2.45, 2.75) is 39.0 Å². The highest BCUT2D eigenvalue weighted by Gasteiger charge is 2.23. The van der Waals surface area contributed by atoms with Gasteiger partial charge in [-0.1, -0.05) is 23.8 Å². The molecule has 1 fully saturated rings. The van der Waals surface area contributed by atoms with Gasteiger partial charge < -0.3 is 15.2 Å². The van der Waals surface area contributed by atoms with Crippen molar-refractivity contribution in [3.63, 3.8) is 0 Å². The first-order valence-electron chi connectivity index (χ1n) is 12.4. The van der Waals surface area contributed by atoms with Crippen LogP contribution in [0.4, 0.5) is 10.1 Å². The molecule has 1 aromatic heterocycles. The first-order chi connectivity index (χ1) is 17.0. The van der Waals surface area contributed by atoms with Gasteiger partial charge in [0.2, 0.25) is 0 Å². The van der Waals surface area contributed by atoms with Crippen molar-refractivity contribution in [1.82, 2.24) is 9.88 Å². The maximum absolute atomic E-state index is 13.8. The number of piperidine rings is 1. The molecule has 4 aromatic rings. The molecular formula is C30H32FN3O. The number of nitrogens with zero attached hydrogens (tertiary/aromatic N) is 1. The lowest BCUT2D eigenvalue weighted by Crippen LogP contribution is -2.34. The topological polar surface area (TPSA) is 48.1 Å². The van der Waals surface area contributed by atoms with Gasteiger partial charge in [0.15, 0.2) is 0 Å². The number of aromatic nitrogens is 1. The minimum Gasteiger partial charge on any atom is -0.361 e. The summed E-state index contributed by atoms with van der Waals surface area (Å²) in [5.74, 6) is 0.200. The largest absolute Gasteiger partial charge is 0.361 e. The van der Waals surface area contributed by atoms with Crippen LogP contribution in [-0.2, 0) is 6.42 Å². The van der Waals surface area contributed by atoms with Crippen LogP contribution in [-0.4, -0.2) is 35.4 Å². The van der Waals surface area contributed by atoms with Gasteiger partial charge >= 0.3 is 0 Å². The van der Waals surface area contributed by atoms with Crippen LogP contribution in [0.15, 0.2) is 66.9 Å². The molecule has 1 amide bonds. The predicted molar refractivity (Wildman–Crippen MR) is 141 cm³/mol. The predicted octanol–water partition coefficient (Wildman–Crippen LogP) is 6.60. The molecule has 0 unspecified atom stereocenters. The molecule has 0 spiro atoms. The Morgan fingerprint density at radius 3 is 2.57 bits per heavy atom. The van der Waals surface area contributed by atoms with Gasteiger partial charge in [0.25, 0.3) is 5.91 Å². The number of likely N-dealkylation sites (tertiary alicyclic amines) is 1. The van der Waals surface area contributed by atoms with Crippen LogP contribution in [0.25, 0.3) is 10.9 Å². The molecule has 180 valence electrons. The molecule has 1 saturated heterocycles. The van der Waals surface area contributed by atoms with Crippen molar-refractivity contribution in [1.29, 1.82) is 0 Å². The third-order valence-electron chi connectivity index (χ3n) is 7.32. The Morgan fingerprint density at radius 2 is 1.80 bits per heavy atom. The van der Waals surface area contributed by atoms with Crippen LogP contribution in [0.5, 0.6) is 0 Å². The number of rotatable bonds is 6. The lowest BCUT2D eigenvalue weighted by atomic mass is 9.89. The van der Waals surface area contributed by atoms with Crippen molar-refractivity contribution in [2.75, 3.05) is 25.0 Å². The minimum atomic E-state index is -0.177. The van der Waals surface area contributed by atoms with Gasteiger partial charge in [-0.2, -0.15) is 0 Å². The second-order valence-electron chi connectivity index (χ2n) is 9.76. The average molecular weight is 470 g/mol. The Hall–Kier alpha value is -3.44. The number of halogens is 1. The molecule has 5 rings (SSSR count). The summed E-state index contributed by atoms with van der Waals surface area (Å²) in [5, 5.41) is 4.06. The molecule has 4 nitrogen and oxygen atoms in total. The normalized spacial score (nSPS) is 14.9. The molecule has 0 saturated carbocycles. The molecule has 5 heteroatoms. The second kappa shape index (κ2) is 10.0. The number of H-pyrrole nitrogens is 1. The van der Waals surface area contributed by atoms with E-state index in [0.717, 1.165) is 61.1 Å². The van der Waals surface area contributed by atoms with Crippen molar-refractivity contribution in [2.24, 2.45) is 0 Å². The lowest BCUT2D eigenvalue weighted by Gasteiger charge is -2.32. The zero-order valence-electron chi connectivity index (χ0n) is 20.4. The summed E-state index contributed by atoms with van der Waals surface area (Å²) < 4.78 is 13.8. The summed E-state index contributed by atoms with van der Waals surface area (Å²) in [6.07, 6.45) is 5.16. The molecule has 0 atom stereocenters. The highest BCUT2D eigenvalue weighted by Crippen LogP contribution is 2.33. The number of hydrogen-bond acceptors (Lipinski definition) is 2. The van der Waals surface area contributed by atoms with Crippen molar-refractivity contribution in [3.05, 3.63) is 100 Å². The number of amides is 1. The molecule has 0 radical (unpaired) electrons. The Labute approximate surface area is 206 Å². The average Bonchev–Trinajstić information content (AvgIpc) is 3.28. The van der Waals surface area contributed by atoms with Crippen LogP contribution in [0.1, 0.15) is 51.4 Å². The summed E-state index contributed by atoms with van der Waals surface area (Å²) in [5.41, 5.74) is 7.40. The Morgan fingerprint density at radius 1 is 1.03 bits per heavy atom. The fourth-order valence-corrected chi connectivity index (χ4v) is 5.13. The fraction of sp³-hybridized carbons (Fsp3) is 0.300. The highest BCUT2D eigenvalue weighted by atomic mass is 19.1. The number of nitrogens with one attached hydrogen (secondary N) is 2. The van der Waals surface area contributed by atoms with Gasteiger partial charge in [0.1, 0.15) is 5.82 Å². The number of aryl methyl sites for hydroxylation is 2. The van der Waals surface area contributed by atoms with Crippen molar-refractivity contribution < 1.29 is 9.18 Å². The van der Waals surface area contributed by atoms with E-state index in [-0.39, 0.29) is 11.7 Å². The van der Waals surface area contributed by atoms with Gasteiger partial charge in [0.05, 0.1) is 0 Å². The maximum Gasteiger partial charge on any atom is 0.255 e. The molecule has 2 N–H and O–H groups in total. The van der Waals surface area contributed by atoms with Crippen LogP contribution >= 0.6 is 0 Å². The van der Waals surface area contributed by atoms with Gasteiger partial charge in [-0.3, -0.25) is 4.79 Å². The zero-order valence-corrected chi connectivity index (χ0v) is 20.4. The monoisotopic (exact) mass is 469 g/mol. The Kier molecular flexibility index (Phi) is 6.69. The van der Waals surface area contributed by atoms with E-state index >= 15 is 0 Å². The number of fused-ring (bicyclic) bond motifs is 1. The van der Waals surface area contributed by atoms with Gasteiger partial charge in [-0.25, -0.2) is 4.39 Å². The number of carbonyl (C=O) groups is 1. The Balaban J connectivity index is 1.17. The molecule has 0 bridgehead atoms. The van der Waals surface area contributed by atoms with Gasteiger partial charge in [-0.05, 0) is 111 Å². The summed E-state index contributed by atoms with van der Waals surface area (Å²) in [7, 11) is 0. The Bertz CT molecular complexity index is 1330. The third-order valence-corrected chi connectivity index (χ3v) is 7.32. The first-order valence-corrected chi connectivity index (χ1v) is 12.4. The molecule has 35 heavy (non-hydrogen) atoms. The van der Waals surface area contributed by atoms with Crippen LogP contribution in [0, 0.1) is 19.7 Å². The van der Waals surface area contributed by atoms with E-state index in [1.165, 1.54) is 22.8 Å². The van der Waals surface area contributed by atoms with Gasteiger partial charge in [-0.15, -0.1) is 0 Å². The smallest absolute Gasteiger partial charge is 0.255 e. The molecule has 1 aliphatic heterocycles. The quantitative estimate of drug-likeness (QED) is 0.334. The standard InChI is InChI=1S/C30H32FN3O/c1-20-3-6-23(7-4-20)30(35)33-26-9-5-21(2)24(17-26)13-16-34-14-11-22(12-15-34)28-19-32-29-10-8-25(31)18-27(28)29/h3-10,17-19,22,32H,11-16H2,1-2H3,(H,33,35). The molecular weight excluding hydrogens is 437 g/mol. The van der Waals surface area contributed by atoms with Crippen molar-refractivity contribution >= 4 is 22.5 Å². The first kappa shape index (κ1) is 23.3. The second-order valence-corrected chi connectivity index (χ2v) is 9.76. The zero-order chi connectivity index (χ0) is 24.4. The number of benzene rings is 3. The van der Waals surface area contributed by atoms with Gasteiger partial charge in [0, 0.05) is 34.9 Å². The number of carbonyl (C=O) groups excluding carboxylic acids is 1. The maximum atomic E-state index is 13.8. The summed E-state index contributed by atoms with van der Waals surface area (Å²) >= 11 is 0. The van der Waals surface area contributed by atoms with E-state index in [1.54, 1.807) is 6.07 Å². The van der Waals surface area contributed by atoms with E-state index < -0.39 is 0 Å². The molecule has 1 aliphatic rings. The van der Waals surface area contributed by atoms with Crippen LogP contribution in [0.3, 0.4) is 0 Å². The van der Waals surface area contributed by atoms with E-state index in [4.69, 9.17) is 0 Å². The number of aromatic amines is 1. The van der Waals surface area contributed by atoms with E-state index in [9.17, 15) is 9.18 Å². The van der Waals surface area contributed by atoms with E-state index in [1.807, 2.05) is 43.3 Å². The summed E-state index contributed by atoms with van der Waals surface area (Å²) in [6.45, 7) is 7.21. The van der Waals surface area contributed by atoms with Crippen LogP contribution in [0.2, 0.25) is 0 Å². The highest BCUT2D eigenvalue weighted by molar-refractivity contribution is 6.04. The molecule has 2 heterocycles. The summed E-state index contributed by atoms with van der Waals surface area (Å²) in [6, 6.07) is 18.8. The van der Waals surface area contributed by atoms with E-state index in [2.05, 4.69) is 40.5 Å². The number of hydrogen-bond donors (Lipinski definition) is 2. The SMILES string of the molecule is Cc1ccc(C(=O)Nc2ccc(C)c(CCN3CCC(c4c[nH]c5ccc(F)cc45)CC3)c2)cc1. The minimum absolute atomic E-state index is 0.0842. The molecule has 0 aliphatic carbocycles. The lowest BCUT2D eigenvalue weighted by molar-refractivity contribution is 0.102. The van der Waals surface area contributed by atoms with Crippen molar-refractivity contribution in [3.8, 4) is 0 Å². The van der Waals surface area contributed by atoms with E-state index in [0.29, 0.717) is 11.5 Å². The third kappa shape index (κ3) is 5.30. The molecule has 3 aromatic carbocycles. The summed E-state index contributed by atoms with van der Waals surface area (Å²) in [4.78, 5) is 18.4. The fourth-order valence-electron chi connectivity index (χ4n) is 5.13. The number of anilines is 1. The van der Waals surface area contributed by atoms with Crippen LogP contribution < -0.4 is 5.32 Å².